The number of alkyl carbamates (subject to hydrolysis) is 1. The first-order valence-corrected chi connectivity index (χ1v) is 19.2. The van der Waals surface area contributed by atoms with Crippen molar-refractivity contribution in [2.75, 3.05) is 20.2 Å². The minimum atomic E-state index is -0.898. The number of aromatic nitrogens is 4. The van der Waals surface area contributed by atoms with Crippen molar-refractivity contribution in [2.24, 2.45) is 0 Å². The highest BCUT2D eigenvalue weighted by Gasteiger charge is 2.37. The number of ether oxygens (including phenoxy) is 2. The number of hydrogen-bond acceptors (Lipinski definition) is 8. The average Bonchev–Trinajstić information content (AvgIpc) is 4.03. The topological polar surface area (TPSA) is 175 Å². The van der Waals surface area contributed by atoms with Crippen LogP contribution in [0.1, 0.15) is 68.0 Å². The maximum absolute atomic E-state index is 14.1. The van der Waals surface area contributed by atoms with Gasteiger partial charge in [-0.25, -0.2) is 14.8 Å². The van der Waals surface area contributed by atoms with Crippen LogP contribution in [0.5, 0.6) is 5.75 Å². The summed E-state index contributed by atoms with van der Waals surface area (Å²) in [6, 6.07) is 22.5. The first kappa shape index (κ1) is 37.2. The Morgan fingerprint density at radius 2 is 1.91 bits per heavy atom. The first-order valence-electron chi connectivity index (χ1n) is 19.2. The van der Waals surface area contributed by atoms with Crippen LogP contribution in [0.3, 0.4) is 0 Å². The molecule has 2 aliphatic heterocycles. The summed E-state index contributed by atoms with van der Waals surface area (Å²) in [5.74, 6) is 1.73. The number of methoxy groups -OCH3 is 1. The van der Waals surface area contributed by atoms with Crippen LogP contribution in [-0.4, -0.2) is 80.3 Å². The molecule has 0 spiro atoms. The molecule has 4 amide bonds. The van der Waals surface area contributed by atoms with E-state index in [0.29, 0.717) is 43.3 Å². The number of carbonyl (C=O) groups excluding carboxylic acids is 4. The Labute approximate surface area is 329 Å². The second kappa shape index (κ2) is 15.8. The van der Waals surface area contributed by atoms with Crippen molar-refractivity contribution in [2.45, 2.75) is 64.4 Å². The Morgan fingerprint density at radius 3 is 2.70 bits per heavy atom. The second-order valence-electron chi connectivity index (χ2n) is 14.5. The Balaban J connectivity index is 1.05. The van der Waals surface area contributed by atoms with E-state index in [2.05, 4.69) is 62.0 Å². The molecule has 292 valence electrons. The van der Waals surface area contributed by atoms with Crippen molar-refractivity contribution < 1.29 is 28.7 Å². The van der Waals surface area contributed by atoms with Crippen LogP contribution in [0, 0.1) is 0 Å². The summed E-state index contributed by atoms with van der Waals surface area (Å²) < 4.78 is 11.2. The average molecular weight is 769 g/mol. The molecule has 0 aliphatic carbocycles. The number of nitrogens with one attached hydrogen (secondary N) is 4. The number of likely N-dealkylation sites (tertiary alicyclic amines) is 1. The van der Waals surface area contributed by atoms with E-state index >= 15 is 0 Å². The number of amides is 4. The maximum atomic E-state index is 14.1. The summed E-state index contributed by atoms with van der Waals surface area (Å²) in [4.78, 5) is 69.9. The van der Waals surface area contributed by atoms with E-state index in [-0.39, 0.29) is 30.4 Å². The number of aromatic amines is 2. The Bertz CT molecular complexity index is 2480. The molecule has 4 heterocycles. The first-order chi connectivity index (χ1) is 27.8. The van der Waals surface area contributed by atoms with E-state index in [0.717, 1.165) is 74.8 Å². The smallest absolute Gasteiger partial charge is 0.407 e. The molecule has 0 radical (unpaired) electrons. The molecule has 1 fully saturated rings. The predicted molar refractivity (Wildman–Crippen MR) is 214 cm³/mol. The van der Waals surface area contributed by atoms with Crippen molar-refractivity contribution in [3.05, 3.63) is 102 Å². The van der Waals surface area contributed by atoms with Crippen LogP contribution >= 0.6 is 0 Å². The molecular weight excluding hydrogens is 725 g/mol. The molecule has 57 heavy (non-hydrogen) atoms. The summed E-state index contributed by atoms with van der Waals surface area (Å²) in [6.45, 7) is 5.15. The fraction of sp³-hybridized carbons (Fsp3) is 0.302. The minimum Gasteiger partial charge on any atom is -0.488 e. The van der Waals surface area contributed by atoms with Gasteiger partial charge in [-0.15, -0.1) is 0 Å². The van der Waals surface area contributed by atoms with Gasteiger partial charge in [-0.05, 0) is 78.1 Å². The van der Waals surface area contributed by atoms with Crippen molar-refractivity contribution in [1.82, 2.24) is 40.4 Å². The molecule has 1 unspecified atom stereocenters. The number of carbonyl (C=O) groups is 4. The number of hydrogen-bond donors (Lipinski definition) is 4. The van der Waals surface area contributed by atoms with E-state index in [4.69, 9.17) is 14.5 Å². The lowest BCUT2D eigenvalue weighted by atomic mass is 9.92. The van der Waals surface area contributed by atoms with Gasteiger partial charge in [0.05, 0.1) is 49.2 Å². The van der Waals surface area contributed by atoms with Crippen LogP contribution in [0.4, 0.5) is 4.79 Å². The normalized spacial score (nSPS) is 15.6. The van der Waals surface area contributed by atoms with Crippen molar-refractivity contribution in [3.8, 4) is 28.1 Å². The van der Waals surface area contributed by atoms with Crippen LogP contribution in [-0.2, 0) is 32.3 Å². The monoisotopic (exact) mass is 768 g/mol. The van der Waals surface area contributed by atoms with Crippen LogP contribution < -0.4 is 15.4 Å². The Hall–Kier alpha value is -6.70. The minimum absolute atomic E-state index is 0.0206. The zero-order chi connectivity index (χ0) is 39.6. The van der Waals surface area contributed by atoms with Gasteiger partial charge in [0.25, 0.3) is 5.91 Å². The molecule has 0 bridgehead atoms. The third-order valence-corrected chi connectivity index (χ3v) is 11.1. The molecule has 14 heteroatoms. The fourth-order valence-corrected chi connectivity index (χ4v) is 7.92. The van der Waals surface area contributed by atoms with Gasteiger partial charge >= 0.3 is 6.09 Å². The Kier molecular flexibility index (Phi) is 10.3. The van der Waals surface area contributed by atoms with Crippen molar-refractivity contribution in [1.29, 1.82) is 0 Å². The Morgan fingerprint density at radius 1 is 1.07 bits per heavy atom. The van der Waals surface area contributed by atoms with Crippen LogP contribution in [0.25, 0.3) is 44.2 Å². The SMILES string of the molecule is CC[C@H](C)N(Cc1ncc(-c2ccc3c(c2)COc2cc4c(ccc5nc(C6CCCN6C(=O)[C@H](NC(=O)OC)c6ccccc6)[nH]c54)cc2-3)[nH]1)C(=O)CNC=O. The molecule has 14 nitrogen and oxygen atoms in total. The second-order valence-corrected chi connectivity index (χ2v) is 14.5. The number of imidazole rings is 2. The quantitative estimate of drug-likeness (QED) is 0.105. The summed E-state index contributed by atoms with van der Waals surface area (Å²) in [5, 5.41) is 7.17. The zero-order valence-electron chi connectivity index (χ0n) is 32.0. The molecule has 6 aromatic rings. The highest BCUT2D eigenvalue weighted by atomic mass is 16.5. The third kappa shape index (κ3) is 7.26. The number of nitrogens with zero attached hydrogens (tertiary/aromatic N) is 4. The fourth-order valence-electron chi connectivity index (χ4n) is 7.92. The highest BCUT2D eigenvalue weighted by Crippen LogP contribution is 2.43. The molecule has 0 saturated carbocycles. The molecule has 2 aromatic heterocycles. The predicted octanol–water partition coefficient (Wildman–Crippen LogP) is 6.30. The standard InChI is InChI=1S/C43H44N8O6/c1-4-25(2)51(38(53)21-44-24-52)22-37-45-20-34(46-37)28-12-14-30-29(17-28)23-57-36-19-31-27(18-32(30)36)13-15-33-40(31)48-41(47-33)35-11-8-16-50(35)42(54)39(49-43(55)56-3)26-9-6-5-7-10-26/h5-7,9-10,12-15,17-20,24-25,35,39H,4,8,11,16,21-23H2,1-3H3,(H,44,52)(H,45,46)(H,47,48)(H,49,55)/t25-,35?,39+/m0/s1. The molecule has 2 aliphatic rings. The lowest BCUT2D eigenvalue weighted by Crippen LogP contribution is -2.42. The maximum Gasteiger partial charge on any atom is 0.407 e. The number of H-pyrrole nitrogens is 2. The summed E-state index contributed by atoms with van der Waals surface area (Å²) in [5.41, 5.74) is 7.22. The molecule has 8 rings (SSSR count). The van der Waals surface area contributed by atoms with Crippen molar-refractivity contribution >= 4 is 46.1 Å². The molecule has 4 N–H and O–H groups in total. The molecule has 1 saturated heterocycles. The largest absolute Gasteiger partial charge is 0.488 e. The molecule has 3 atom stereocenters. The van der Waals surface area contributed by atoms with Gasteiger partial charge in [-0.1, -0.05) is 55.5 Å². The number of benzene rings is 4. The van der Waals surface area contributed by atoms with Crippen LogP contribution in [0.2, 0.25) is 0 Å². The van der Waals surface area contributed by atoms with Gasteiger partial charge in [0.1, 0.15) is 30.0 Å². The van der Waals surface area contributed by atoms with Gasteiger partial charge in [-0.3, -0.25) is 14.4 Å². The lowest BCUT2D eigenvalue weighted by Gasteiger charge is -2.28. The third-order valence-electron chi connectivity index (χ3n) is 11.1. The van der Waals surface area contributed by atoms with E-state index in [9.17, 15) is 19.2 Å². The zero-order valence-corrected chi connectivity index (χ0v) is 32.0. The van der Waals surface area contributed by atoms with Gasteiger partial charge in [-0.2, -0.15) is 0 Å². The van der Waals surface area contributed by atoms with Gasteiger partial charge in [0.15, 0.2) is 0 Å². The van der Waals surface area contributed by atoms with E-state index in [1.807, 2.05) is 50.2 Å². The van der Waals surface area contributed by atoms with Gasteiger partial charge in [0.2, 0.25) is 12.3 Å². The number of rotatable bonds is 12. The summed E-state index contributed by atoms with van der Waals surface area (Å²) in [6.07, 6.45) is 3.93. The summed E-state index contributed by atoms with van der Waals surface area (Å²) in [7, 11) is 1.28. The van der Waals surface area contributed by atoms with E-state index in [1.165, 1.54) is 7.11 Å². The lowest BCUT2D eigenvalue weighted by molar-refractivity contribution is -0.135. The van der Waals surface area contributed by atoms with Gasteiger partial charge in [0, 0.05) is 23.5 Å². The van der Waals surface area contributed by atoms with Gasteiger partial charge < -0.3 is 39.9 Å². The molecular formula is C43H44N8O6. The highest BCUT2D eigenvalue weighted by molar-refractivity contribution is 6.07. The summed E-state index contributed by atoms with van der Waals surface area (Å²) >= 11 is 0. The van der Waals surface area contributed by atoms with E-state index < -0.39 is 12.1 Å². The van der Waals surface area contributed by atoms with E-state index in [1.54, 1.807) is 16.0 Å². The van der Waals surface area contributed by atoms with Crippen LogP contribution in [0.15, 0.2) is 79.0 Å². The van der Waals surface area contributed by atoms with Crippen molar-refractivity contribution in [3.63, 3.8) is 0 Å². The number of fused-ring (bicyclic) bond motifs is 6. The molecule has 4 aromatic carbocycles.